The fraction of sp³-hybridized carbons (Fsp3) is 0.333. The highest BCUT2D eigenvalue weighted by molar-refractivity contribution is 5.84. The van der Waals surface area contributed by atoms with Crippen LogP contribution in [0.3, 0.4) is 0 Å². The van der Waals surface area contributed by atoms with Crippen LogP contribution in [0.25, 0.3) is 10.9 Å². The number of methoxy groups -OCH3 is 1. The molecule has 0 saturated carbocycles. The molecule has 2 aromatic rings. The van der Waals surface area contributed by atoms with E-state index in [9.17, 15) is 0 Å². The van der Waals surface area contributed by atoms with Crippen LogP contribution >= 0.6 is 0 Å². The minimum atomic E-state index is 0.562. The number of hydrogen-bond acceptors (Lipinski definition) is 2. The van der Waals surface area contributed by atoms with E-state index >= 15 is 0 Å². The molecule has 0 aliphatic rings. The number of benzene rings is 1. The van der Waals surface area contributed by atoms with Crippen LogP contribution in [0.1, 0.15) is 11.3 Å². The molecule has 2 rings (SSSR count). The van der Waals surface area contributed by atoms with E-state index in [1.54, 1.807) is 7.11 Å². The van der Waals surface area contributed by atoms with Crippen LogP contribution in [-0.2, 0) is 13.6 Å². The molecule has 0 unspecified atom stereocenters. The number of rotatable bonds is 2. The molecule has 1 heterocycles. The van der Waals surface area contributed by atoms with E-state index in [-0.39, 0.29) is 0 Å². The highest BCUT2D eigenvalue weighted by Crippen LogP contribution is 2.27. The fourth-order valence-electron chi connectivity index (χ4n) is 1.94. The summed E-state index contributed by atoms with van der Waals surface area (Å²) in [7, 11) is 3.73. The molecule has 2 N–H and O–H groups in total. The molecule has 0 saturated heterocycles. The summed E-state index contributed by atoms with van der Waals surface area (Å²) in [6.07, 6.45) is 0. The Balaban J connectivity index is 2.73. The Morgan fingerprint density at radius 1 is 1.33 bits per heavy atom. The lowest BCUT2D eigenvalue weighted by molar-refractivity contribution is 0.412. The molecule has 15 heavy (non-hydrogen) atoms. The average Bonchev–Trinajstić information content (AvgIpc) is 2.54. The third-order valence-electron chi connectivity index (χ3n) is 2.87. The Hall–Kier alpha value is -1.48. The molecular weight excluding hydrogens is 188 g/mol. The SMILES string of the molecule is COc1cc2cc(CN)n(C)c2cc1C. The van der Waals surface area contributed by atoms with Crippen molar-refractivity contribution in [3.05, 3.63) is 29.5 Å². The van der Waals surface area contributed by atoms with Gasteiger partial charge in [0.05, 0.1) is 7.11 Å². The normalized spacial score (nSPS) is 10.9. The number of aromatic nitrogens is 1. The van der Waals surface area contributed by atoms with Crippen LogP contribution in [-0.4, -0.2) is 11.7 Å². The first kappa shape index (κ1) is 10.1. The number of ether oxygens (including phenoxy) is 1. The van der Waals surface area contributed by atoms with Crippen molar-refractivity contribution < 1.29 is 4.74 Å². The zero-order valence-electron chi connectivity index (χ0n) is 9.37. The van der Waals surface area contributed by atoms with Gasteiger partial charge in [-0.25, -0.2) is 0 Å². The molecular formula is C12H16N2O. The second-order valence-corrected chi connectivity index (χ2v) is 3.78. The summed E-state index contributed by atoms with van der Waals surface area (Å²) in [5, 5.41) is 1.18. The monoisotopic (exact) mass is 204 g/mol. The molecule has 3 heteroatoms. The smallest absolute Gasteiger partial charge is 0.122 e. The number of hydrogen-bond donors (Lipinski definition) is 1. The van der Waals surface area contributed by atoms with Gasteiger partial charge < -0.3 is 15.0 Å². The molecule has 0 atom stereocenters. The lowest BCUT2D eigenvalue weighted by Crippen LogP contribution is -2.02. The summed E-state index contributed by atoms with van der Waals surface area (Å²) in [4.78, 5) is 0. The third-order valence-corrected chi connectivity index (χ3v) is 2.87. The third kappa shape index (κ3) is 1.49. The molecule has 3 nitrogen and oxygen atoms in total. The van der Waals surface area contributed by atoms with E-state index in [4.69, 9.17) is 10.5 Å². The highest BCUT2D eigenvalue weighted by Gasteiger charge is 2.07. The van der Waals surface area contributed by atoms with Crippen molar-refractivity contribution in [2.75, 3.05) is 7.11 Å². The topological polar surface area (TPSA) is 40.2 Å². The molecule has 0 fully saturated rings. The van der Waals surface area contributed by atoms with E-state index in [0.29, 0.717) is 6.54 Å². The lowest BCUT2D eigenvalue weighted by atomic mass is 10.1. The van der Waals surface area contributed by atoms with E-state index in [1.165, 1.54) is 10.9 Å². The second kappa shape index (κ2) is 3.59. The van der Waals surface area contributed by atoms with Crippen molar-refractivity contribution in [2.24, 2.45) is 12.8 Å². The number of aryl methyl sites for hydroxylation is 2. The standard InChI is InChI=1S/C12H16N2O/c1-8-4-11-9(6-12(8)15-3)5-10(7-13)14(11)2/h4-6H,7,13H2,1-3H3. The first-order chi connectivity index (χ1) is 7.17. The van der Waals surface area contributed by atoms with Gasteiger partial charge in [-0.3, -0.25) is 0 Å². The molecule has 1 aromatic heterocycles. The summed E-state index contributed by atoms with van der Waals surface area (Å²) in [6.45, 7) is 2.61. The molecule has 0 bridgehead atoms. The van der Waals surface area contributed by atoms with Crippen molar-refractivity contribution >= 4 is 10.9 Å². The van der Waals surface area contributed by atoms with Crippen molar-refractivity contribution in [1.29, 1.82) is 0 Å². The molecule has 80 valence electrons. The van der Waals surface area contributed by atoms with E-state index < -0.39 is 0 Å². The van der Waals surface area contributed by atoms with Crippen LogP contribution in [0.15, 0.2) is 18.2 Å². The van der Waals surface area contributed by atoms with E-state index in [1.807, 2.05) is 14.0 Å². The fourth-order valence-corrected chi connectivity index (χ4v) is 1.94. The Morgan fingerprint density at radius 3 is 2.67 bits per heavy atom. The van der Waals surface area contributed by atoms with Gasteiger partial charge >= 0.3 is 0 Å². The van der Waals surface area contributed by atoms with E-state index in [2.05, 4.69) is 22.8 Å². The molecule has 1 aromatic carbocycles. The maximum atomic E-state index is 5.67. The molecule has 0 aliphatic heterocycles. The largest absolute Gasteiger partial charge is 0.496 e. The minimum absolute atomic E-state index is 0.562. The number of nitrogens with zero attached hydrogens (tertiary/aromatic N) is 1. The van der Waals surface area contributed by atoms with Crippen molar-refractivity contribution in [1.82, 2.24) is 4.57 Å². The van der Waals surface area contributed by atoms with Gasteiger partial charge in [-0.1, -0.05) is 0 Å². The first-order valence-electron chi connectivity index (χ1n) is 5.00. The Kier molecular flexibility index (Phi) is 2.40. The van der Waals surface area contributed by atoms with E-state index in [0.717, 1.165) is 17.0 Å². The second-order valence-electron chi connectivity index (χ2n) is 3.78. The summed E-state index contributed by atoms with van der Waals surface area (Å²) in [6, 6.07) is 6.30. The lowest BCUT2D eigenvalue weighted by Gasteiger charge is -2.05. The van der Waals surface area contributed by atoms with Gasteiger partial charge in [0.2, 0.25) is 0 Å². The van der Waals surface area contributed by atoms with Crippen molar-refractivity contribution in [3.8, 4) is 5.75 Å². The average molecular weight is 204 g/mol. The van der Waals surface area contributed by atoms with Gasteiger partial charge in [-0.05, 0) is 30.7 Å². The van der Waals surface area contributed by atoms with Gasteiger partial charge in [-0.2, -0.15) is 0 Å². The zero-order chi connectivity index (χ0) is 11.0. The van der Waals surface area contributed by atoms with Gasteiger partial charge in [0.1, 0.15) is 5.75 Å². The summed E-state index contributed by atoms with van der Waals surface area (Å²) in [5.74, 6) is 0.927. The summed E-state index contributed by atoms with van der Waals surface area (Å²) in [5.41, 5.74) is 9.16. The molecule has 0 aliphatic carbocycles. The predicted octanol–water partition coefficient (Wildman–Crippen LogP) is 1.95. The van der Waals surface area contributed by atoms with Crippen LogP contribution in [0, 0.1) is 6.92 Å². The first-order valence-corrected chi connectivity index (χ1v) is 5.00. The maximum absolute atomic E-state index is 5.67. The molecule has 0 spiro atoms. The Morgan fingerprint density at radius 2 is 2.07 bits per heavy atom. The van der Waals surface area contributed by atoms with Crippen molar-refractivity contribution in [2.45, 2.75) is 13.5 Å². The van der Waals surface area contributed by atoms with Gasteiger partial charge in [-0.15, -0.1) is 0 Å². The number of nitrogens with two attached hydrogens (primary N) is 1. The highest BCUT2D eigenvalue weighted by atomic mass is 16.5. The Bertz CT molecular complexity index is 498. The maximum Gasteiger partial charge on any atom is 0.122 e. The van der Waals surface area contributed by atoms with Gasteiger partial charge in [0.25, 0.3) is 0 Å². The Labute approximate surface area is 89.4 Å². The van der Waals surface area contributed by atoms with Gasteiger partial charge in [0, 0.05) is 30.2 Å². The van der Waals surface area contributed by atoms with Gasteiger partial charge in [0.15, 0.2) is 0 Å². The molecule has 0 amide bonds. The summed E-state index contributed by atoms with van der Waals surface area (Å²) < 4.78 is 7.42. The van der Waals surface area contributed by atoms with Crippen LogP contribution < -0.4 is 10.5 Å². The minimum Gasteiger partial charge on any atom is -0.496 e. The quantitative estimate of drug-likeness (QED) is 0.812. The predicted molar refractivity (Wildman–Crippen MR) is 62.1 cm³/mol. The zero-order valence-corrected chi connectivity index (χ0v) is 9.37. The van der Waals surface area contributed by atoms with Crippen LogP contribution in [0.2, 0.25) is 0 Å². The van der Waals surface area contributed by atoms with Crippen LogP contribution in [0.4, 0.5) is 0 Å². The molecule has 0 radical (unpaired) electrons. The van der Waals surface area contributed by atoms with Crippen LogP contribution in [0.5, 0.6) is 5.75 Å². The number of fused-ring (bicyclic) bond motifs is 1. The van der Waals surface area contributed by atoms with Crippen molar-refractivity contribution in [3.63, 3.8) is 0 Å². The summed E-state index contributed by atoms with van der Waals surface area (Å²) >= 11 is 0.